The van der Waals surface area contributed by atoms with Gasteiger partial charge < -0.3 is 9.47 Å². The van der Waals surface area contributed by atoms with Gasteiger partial charge in [0.25, 0.3) is 5.91 Å². The van der Waals surface area contributed by atoms with Crippen LogP contribution in [0, 0.1) is 5.82 Å². The quantitative estimate of drug-likeness (QED) is 0.536. The molecule has 0 saturated heterocycles. The van der Waals surface area contributed by atoms with Crippen LogP contribution in [-0.2, 0) is 13.1 Å². The molecular weight excluding hydrogens is 363 g/mol. The maximum atomic E-state index is 13.5. The molecule has 0 atom stereocenters. The van der Waals surface area contributed by atoms with Gasteiger partial charge in [0.2, 0.25) is 0 Å². The van der Waals surface area contributed by atoms with Crippen LogP contribution < -0.4 is 0 Å². The van der Waals surface area contributed by atoms with Crippen LogP contribution in [0.1, 0.15) is 35.0 Å². The predicted octanol–water partition coefficient (Wildman–Crippen LogP) is 5.38. The van der Waals surface area contributed by atoms with E-state index in [1.165, 1.54) is 12.1 Å². The first-order valence-electron chi connectivity index (χ1n) is 9.00. The second-order valence-electron chi connectivity index (χ2n) is 6.49. The molecule has 1 aromatic heterocycles. The zero-order valence-corrected chi connectivity index (χ0v) is 16.0. The summed E-state index contributed by atoms with van der Waals surface area (Å²) < 4.78 is 15.6. The molecule has 0 spiro atoms. The van der Waals surface area contributed by atoms with Crippen LogP contribution in [-0.4, -0.2) is 21.9 Å². The molecule has 0 fully saturated rings. The minimum absolute atomic E-state index is 0.160. The number of amides is 1. The summed E-state index contributed by atoms with van der Waals surface area (Å²) in [6.07, 6.45) is 2.82. The number of aromatic nitrogens is 1. The number of nitrogens with zero attached hydrogens (tertiary/aromatic N) is 2. The van der Waals surface area contributed by atoms with Crippen LogP contribution in [0.5, 0.6) is 0 Å². The van der Waals surface area contributed by atoms with Gasteiger partial charge in [-0.3, -0.25) is 4.79 Å². The van der Waals surface area contributed by atoms with Gasteiger partial charge in [-0.1, -0.05) is 36.7 Å². The number of rotatable bonds is 7. The second-order valence-corrected chi connectivity index (χ2v) is 6.93. The molecule has 0 N–H and O–H groups in total. The summed E-state index contributed by atoms with van der Waals surface area (Å²) in [5, 5.41) is 0.704. The highest BCUT2D eigenvalue weighted by Gasteiger charge is 2.17. The fraction of sp³-hybridized carbons (Fsp3) is 0.227. The van der Waals surface area contributed by atoms with Gasteiger partial charge >= 0.3 is 0 Å². The Morgan fingerprint density at radius 3 is 2.67 bits per heavy atom. The first kappa shape index (κ1) is 19.2. The van der Waals surface area contributed by atoms with Crippen LogP contribution >= 0.6 is 11.6 Å². The summed E-state index contributed by atoms with van der Waals surface area (Å²) in [6, 6.07) is 17.6. The van der Waals surface area contributed by atoms with Crippen LogP contribution in [0.3, 0.4) is 0 Å². The highest BCUT2D eigenvalue weighted by atomic mass is 35.5. The van der Waals surface area contributed by atoms with E-state index in [0.717, 1.165) is 17.7 Å². The summed E-state index contributed by atoms with van der Waals surface area (Å²) in [7, 11) is 0. The molecule has 27 heavy (non-hydrogen) atoms. The predicted molar refractivity (Wildman–Crippen MR) is 106 cm³/mol. The molecule has 3 aromatic rings. The summed E-state index contributed by atoms with van der Waals surface area (Å²) in [4.78, 5) is 14.6. The Morgan fingerprint density at radius 2 is 1.93 bits per heavy atom. The lowest BCUT2D eigenvalue weighted by Gasteiger charge is -2.23. The molecule has 1 amide bonds. The van der Waals surface area contributed by atoms with Gasteiger partial charge in [-0.15, -0.1) is 0 Å². The van der Waals surface area contributed by atoms with Crippen molar-refractivity contribution >= 4 is 17.5 Å². The van der Waals surface area contributed by atoms with Gasteiger partial charge in [0.15, 0.2) is 0 Å². The SMILES string of the molecule is CCCN(Cc1cccn1Cc1cccc(Cl)c1)C(=O)c1cccc(F)c1. The lowest BCUT2D eigenvalue weighted by Crippen LogP contribution is -2.32. The van der Waals surface area contributed by atoms with E-state index in [2.05, 4.69) is 4.57 Å². The topological polar surface area (TPSA) is 25.2 Å². The highest BCUT2D eigenvalue weighted by molar-refractivity contribution is 6.30. The Hall–Kier alpha value is -2.59. The Bertz CT molecular complexity index is 922. The molecule has 1 heterocycles. The van der Waals surface area contributed by atoms with Crippen molar-refractivity contribution in [2.75, 3.05) is 6.54 Å². The van der Waals surface area contributed by atoms with E-state index in [1.54, 1.807) is 17.0 Å². The third-order valence-electron chi connectivity index (χ3n) is 4.37. The number of hydrogen-bond donors (Lipinski definition) is 0. The Morgan fingerprint density at radius 1 is 1.11 bits per heavy atom. The molecule has 3 nitrogen and oxygen atoms in total. The molecule has 0 bridgehead atoms. The highest BCUT2D eigenvalue weighted by Crippen LogP contribution is 2.16. The first-order chi connectivity index (χ1) is 13.1. The fourth-order valence-corrected chi connectivity index (χ4v) is 3.31. The minimum atomic E-state index is -0.401. The molecule has 0 radical (unpaired) electrons. The summed E-state index contributed by atoms with van der Waals surface area (Å²) >= 11 is 6.08. The maximum Gasteiger partial charge on any atom is 0.254 e. The molecule has 0 saturated carbocycles. The van der Waals surface area contributed by atoms with E-state index in [0.29, 0.717) is 30.2 Å². The minimum Gasteiger partial charge on any atom is -0.345 e. The van der Waals surface area contributed by atoms with E-state index in [9.17, 15) is 9.18 Å². The summed E-state index contributed by atoms with van der Waals surface area (Å²) in [6.45, 7) is 3.78. The van der Waals surface area contributed by atoms with Crippen molar-refractivity contribution in [1.29, 1.82) is 0 Å². The molecule has 0 unspecified atom stereocenters. The lowest BCUT2D eigenvalue weighted by molar-refractivity contribution is 0.0739. The first-order valence-corrected chi connectivity index (χ1v) is 9.38. The molecule has 3 rings (SSSR count). The van der Waals surface area contributed by atoms with Gasteiger partial charge in [0.05, 0.1) is 6.54 Å². The number of carbonyl (C=O) groups is 1. The van der Waals surface area contributed by atoms with Crippen molar-refractivity contribution in [3.8, 4) is 0 Å². The fourth-order valence-electron chi connectivity index (χ4n) is 3.10. The van der Waals surface area contributed by atoms with E-state index >= 15 is 0 Å². The number of carbonyl (C=O) groups excluding carboxylic acids is 1. The van der Waals surface area contributed by atoms with E-state index in [4.69, 9.17) is 11.6 Å². The smallest absolute Gasteiger partial charge is 0.254 e. The normalized spacial score (nSPS) is 10.8. The number of halogens is 2. The Kier molecular flexibility index (Phi) is 6.30. The maximum absolute atomic E-state index is 13.5. The van der Waals surface area contributed by atoms with Gasteiger partial charge in [0.1, 0.15) is 5.82 Å². The van der Waals surface area contributed by atoms with Crippen LogP contribution in [0.15, 0.2) is 66.9 Å². The van der Waals surface area contributed by atoms with Crippen molar-refractivity contribution in [3.63, 3.8) is 0 Å². The van der Waals surface area contributed by atoms with E-state index < -0.39 is 5.82 Å². The third kappa shape index (κ3) is 4.98. The number of hydrogen-bond acceptors (Lipinski definition) is 1. The molecule has 2 aromatic carbocycles. The van der Waals surface area contributed by atoms with Gasteiger partial charge in [-0.05, 0) is 54.4 Å². The molecule has 5 heteroatoms. The monoisotopic (exact) mass is 384 g/mol. The molecule has 140 valence electrons. The van der Waals surface area contributed by atoms with Gasteiger partial charge in [0, 0.05) is 35.6 Å². The summed E-state index contributed by atoms with van der Waals surface area (Å²) in [5.74, 6) is -0.562. The largest absolute Gasteiger partial charge is 0.345 e. The Balaban J connectivity index is 1.79. The van der Waals surface area contributed by atoms with Crippen molar-refractivity contribution in [2.24, 2.45) is 0 Å². The van der Waals surface area contributed by atoms with Crippen LogP contribution in [0.2, 0.25) is 5.02 Å². The zero-order valence-electron chi connectivity index (χ0n) is 15.2. The Labute approximate surface area is 164 Å². The van der Waals surface area contributed by atoms with Crippen LogP contribution in [0.25, 0.3) is 0 Å². The second kappa shape index (κ2) is 8.87. The average molecular weight is 385 g/mol. The van der Waals surface area contributed by atoms with E-state index in [-0.39, 0.29) is 5.91 Å². The van der Waals surface area contributed by atoms with Crippen LogP contribution in [0.4, 0.5) is 4.39 Å². The van der Waals surface area contributed by atoms with Crippen molar-refractivity contribution in [2.45, 2.75) is 26.4 Å². The molecule has 0 aliphatic heterocycles. The third-order valence-corrected chi connectivity index (χ3v) is 4.61. The standard InChI is InChI=1S/C22H22ClFN2O/c1-2-11-26(22(27)18-7-4-9-20(24)14-18)16-21-10-5-12-25(21)15-17-6-3-8-19(23)13-17/h3-10,12-14H,2,11,15-16H2,1H3. The lowest BCUT2D eigenvalue weighted by atomic mass is 10.1. The van der Waals surface area contributed by atoms with E-state index in [1.807, 2.05) is 49.5 Å². The number of benzene rings is 2. The molecular formula is C22H22ClFN2O. The van der Waals surface area contributed by atoms with Gasteiger partial charge in [-0.25, -0.2) is 4.39 Å². The van der Waals surface area contributed by atoms with Crippen molar-refractivity contribution < 1.29 is 9.18 Å². The summed E-state index contributed by atoms with van der Waals surface area (Å²) in [5.41, 5.74) is 2.49. The van der Waals surface area contributed by atoms with Gasteiger partial charge in [-0.2, -0.15) is 0 Å². The molecule has 0 aliphatic rings. The van der Waals surface area contributed by atoms with Crippen molar-refractivity contribution in [1.82, 2.24) is 9.47 Å². The zero-order chi connectivity index (χ0) is 19.2. The van der Waals surface area contributed by atoms with Crippen molar-refractivity contribution in [3.05, 3.63) is 94.5 Å². The molecule has 0 aliphatic carbocycles. The average Bonchev–Trinajstić information content (AvgIpc) is 3.07.